The molecule has 31 heavy (non-hydrogen) atoms. The molecule has 0 atom stereocenters. The lowest BCUT2D eigenvalue weighted by Gasteiger charge is -2.38. The lowest BCUT2D eigenvalue weighted by atomic mass is 9.73. The van der Waals surface area contributed by atoms with Gasteiger partial charge < -0.3 is 20.4 Å². The van der Waals surface area contributed by atoms with Crippen LogP contribution in [0.25, 0.3) is 0 Å². The molecule has 0 fully saturated rings. The highest BCUT2D eigenvalue weighted by Gasteiger charge is 2.72. The van der Waals surface area contributed by atoms with E-state index >= 15 is 0 Å². The Hall–Kier alpha value is -3.44. The highest BCUT2D eigenvalue weighted by atomic mass is 19.4. The van der Waals surface area contributed by atoms with Gasteiger partial charge in [-0.1, -0.05) is 24.3 Å². The van der Waals surface area contributed by atoms with Gasteiger partial charge in [0.25, 0.3) is 11.9 Å². The molecule has 4 N–H and O–H groups in total. The molecule has 0 spiro atoms. The summed E-state index contributed by atoms with van der Waals surface area (Å²) in [4.78, 5) is 18.0. The fourth-order valence-electron chi connectivity index (χ4n) is 2.40. The third-order valence-electron chi connectivity index (χ3n) is 3.45. The van der Waals surface area contributed by atoms with Crippen LogP contribution in [0.4, 0.5) is 26.3 Å². The number of carboxylic acids is 2. The Morgan fingerprint density at radius 3 is 0.968 bits per heavy atom. The Morgan fingerprint density at radius 1 is 0.613 bits per heavy atom. The van der Waals surface area contributed by atoms with E-state index in [4.69, 9.17) is 30.0 Å². The minimum Gasteiger partial charge on any atom is -0.508 e. The molecule has 6 nitrogen and oxygen atoms in total. The van der Waals surface area contributed by atoms with E-state index in [0.29, 0.717) is 24.3 Å². The van der Waals surface area contributed by atoms with Gasteiger partial charge in [0.05, 0.1) is 0 Å². The van der Waals surface area contributed by atoms with Crippen LogP contribution in [-0.2, 0) is 15.0 Å². The second-order valence-corrected chi connectivity index (χ2v) is 5.88. The zero-order chi connectivity index (χ0) is 24.6. The number of hydrogen-bond acceptors (Lipinski definition) is 4. The zero-order valence-corrected chi connectivity index (χ0v) is 16.0. The topological polar surface area (TPSA) is 115 Å². The maximum atomic E-state index is 13.6. The smallest absolute Gasteiger partial charge is 0.411 e. The van der Waals surface area contributed by atoms with Crippen molar-refractivity contribution in [2.75, 3.05) is 0 Å². The van der Waals surface area contributed by atoms with Crippen molar-refractivity contribution in [2.45, 2.75) is 31.6 Å². The number of hydrogen-bond donors (Lipinski definition) is 4. The molecule has 0 bridgehead atoms. The van der Waals surface area contributed by atoms with Gasteiger partial charge in [0.15, 0.2) is 0 Å². The molecule has 0 radical (unpaired) electrons. The van der Waals surface area contributed by atoms with Crippen LogP contribution in [0.15, 0.2) is 48.5 Å². The monoisotopic (exact) mass is 456 g/mol. The number of aromatic hydroxyl groups is 2. The number of rotatable bonds is 2. The Bertz CT molecular complexity index is 776. The molecular weight excluding hydrogens is 438 g/mol. The number of benzene rings is 2. The van der Waals surface area contributed by atoms with Gasteiger partial charge in [-0.25, -0.2) is 0 Å². The molecule has 2 rings (SSSR count). The van der Waals surface area contributed by atoms with Gasteiger partial charge >= 0.3 is 12.4 Å². The van der Waals surface area contributed by atoms with Crippen LogP contribution in [0.5, 0.6) is 11.5 Å². The van der Waals surface area contributed by atoms with E-state index in [9.17, 15) is 26.3 Å². The molecule has 0 aliphatic carbocycles. The maximum Gasteiger partial charge on any atom is 0.411 e. The molecule has 0 aliphatic rings. The average molecular weight is 456 g/mol. The van der Waals surface area contributed by atoms with Crippen LogP contribution in [0.3, 0.4) is 0 Å². The summed E-state index contributed by atoms with van der Waals surface area (Å²) in [6, 6.07) is 5.30. The molecule has 0 saturated heterocycles. The third kappa shape index (κ3) is 7.39. The summed E-state index contributed by atoms with van der Waals surface area (Å²) in [7, 11) is 0. The highest BCUT2D eigenvalue weighted by molar-refractivity contribution is 5.63. The lowest BCUT2D eigenvalue weighted by Crippen LogP contribution is -2.54. The first kappa shape index (κ1) is 27.6. The fourth-order valence-corrected chi connectivity index (χ4v) is 2.40. The van der Waals surface area contributed by atoms with Gasteiger partial charge in [-0.2, -0.15) is 26.3 Å². The van der Waals surface area contributed by atoms with E-state index in [0.717, 1.165) is 38.1 Å². The van der Waals surface area contributed by atoms with E-state index < -0.39 is 52.3 Å². The Balaban J connectivity index is 0.000000967. The number of phenolic OH excluding ortho intramolecular Hbond substituents is 2. The van der Waals surface area contributed by atoms with Gasteiger partial charge in [-0.05, 0) is 35.4 Å². The predicted molar refractivity (Wildman–Crippen MR) is 95.7 cm³/mol. The molecule has 0 saturated carbocycles. The number of aliphatic carboxylic acids is 2. The normalized spacial score (nSPS) is 11.4. The lowest BCUT2D eigenvalue weighted by molar-refractivity contribution is -0.288. The van der Waals surface area contributed by atoms with E-state index in [2.05, 4.69) is 0 Å². The van der Waals surface area contributed by atoms with Gasteiger partial charge in [0, 0.05) is 13.8 Å². The predicted octanol–water partition coefficient (Wildman–Crippen LogP) is 4.69. The molecule has 0 aromatic heterocycles. The van der Waals surface area contributed by atoms with Crippen LogP contribution in [0, 0.1) is 0 Å². The second kappa shape index (κ2) is 10.5. The summed E-state index contributed by atoms with van der Waals surface area (Å²) in [5.74, 6) is -2.59. The van der Waals surface area contributed by atoms with Crippen molar-refractivity contribution in [2.24, 2.45) is 0 Å². The van der Waals surface area contributed by atoms with E-state index in [1.165, 1.54) is 0 Å². The van der Waals surface area contributed by atoms with Crippen molar-refractivity contribution in [3.05, 3.63) is 59.7 Å². The van der Waals surface area contributed by atoms with Crippen LogP contribution >= 0.6 is 0 Å². The third-order valence-corrected chi connectivity index (χ3v) is 3.45. The molecule has 0 aliphatic heterocycles. The number of phenols is 2. The van der Waals surface area contributed by atoms with Crippen molar-refractivity contribution in [3.63, 3.8) is 0 Å². The van der Waals surface area contributed by atoms with Gasteiger partial charge in [-0.3, -0.25) is 9.59 Å². The molecule has 0 amide bonds. The second-order valence-electron chi connectivity index (χ2n) is 5.88. The number of halogens is 6. The Morgan fingerprint density at radius 2 is 0.806 bits per heavy atom. The fraction of sp³-hybridized carbons (Fsp3) is 0.263. The number of carboxylic acid groups (broad SMARTS) is 2. The van der Waals surface area contributed by atoms with Crippen LogP contribution in [0.1, 0.15) is 25.0 Å². The van der Waals surface area contributed by atoms with Crippen LogP contribution in [0.2, 0.25) is 0 Å². The van der Waals surface area contributed by atoms with E-state index in [-0.39, 0.29) is 0 Å². The van der Waals surface area contributed by atoms with Crippen molar-refractivity contribution >= 4 is 11.9 Å². The molecule has 12 heteroatoms. The Labute approximate surface area is 172 Å². The SMILES string of the molecule is CC(=O)O.CC(=O)O.Oc1ccc(C(c2ccc(O)cc2)(C(F)(F)F)C(F)(F)F)cc1. The van der Waals surface area contributed by atoms with Crippen molar-refractivity contribution in [3.8, 4) is 11.5 Å². The van der Waals surface area contributed by atoms with Crippen LogP contribution in [-0.4, -0.2) is 44.7 Å². The standard InChI is InChI=1S/C15H10F6O2.2C2H4O2/c16-14(17,18)13(15(19,20)21,9-1-5-11(22)6-2-9)10-3-7-12(23)8-4-10;2*1-2(3)4/h1-8,22-23H;2*1H3,(H,3,4). The molecule has 0 unspecified atom stereocenters. The zero-order valence-electron chi connectivity index (χ0n) is 16.0. The minimum absolute atomic E-state index is 0.460. The molecule has 172 valence electrons. The van der Waals surface area contributed by atoms with Crippen molar-refractivity contribution in [1.82, 2.24) is 0 Å². The largest absolute Gasteiger partial charge is 0.508 e. The summed E-state index contributed by atoms with van der Waals surface area (Å²) in [5, 5.41) is 33.1. The number of carbonyl (C=O) groups is 2. The van der Waals surface area contributed by atoms with Gasteiger partial charge in [-0.15, -0.1) is 0 Å². The summed E-state index contributed by atoms with van der Waals surface area (Å²) in [6.07, 6.45) is -11.4. The summed E-state index contributed by atoms with van der Waals surface area (Å²) in [5.41, 5.74) is -6.44. The first-order valence-corrected chi connectivity index (χ1v) is 8.08. The summed E-state index contributed by atoms with van der Waals surface area (Å²) in [6.45, 7) is 2.17. The average Bonchev–Trinajstić information content (AvgIpc) is 2.55. The molecular formula is C19H18F6O6. The summed E-state index contributed by atoms with van der Waals surface area (Å²) >= 11 is 0. The minimum atomic E-state index is -5.70. The molecule has 2 aromatic rings. The first-order valence-electron chi connectivity index (χ1n) is 8.08. The summed E-state index contributed by atoms with van der Waals surface area (Å²) < 4.78 is 81.6. The van der Waals surface area contributed by atoms with Crippen molar-refractivity contribution in [1.29, 1.82) is 0 Å². The van der Waals surface area contributed by atoms with Crippen LogP contribution < -0.4 is 0 Å². The Kier molecular flexibility index (Phi) is 9.38. The molecule has 0 heterocycles. The first-order chi connectivity index (χ1) is 14.0. The van der Waals surface area contributed by atoms with Crippen molar-refractivity contribution < 1.29 is 56.4 Å². The highest BCUT2D eigenvalue weighted by Crippen LogP contribution is 2.56. The van der Waals surface area contributed by atoms with E-state index in [1.807, 2.05) is 0 Å². The quantitative estimate of drug-likeness (QED) is 0.488. The van der Waals surface area contributed by atoms with Gasteiger partial charge in [0.1, 0.15) is 11.5 Å². The number of alkyl halides is 6. The van der Waals surface area contributed by atoms with Gasteiger partial charge in [0.2, 0.25) is 5.41 Å². The maximum absolute atomic E-state index is 13.6. The molecule has 2 aromatic carbocycles. The van der Waals surface area contributed by atoms with E-state index in [1.54, 1.807) is 0 Å².